The standard InChI is InChI=1S/C15H13F2NS/c16-11-5-6-14(13(17)8-11)18-9-12-7-10-3-1-2-4-15(10)19-12/h1-6,8,12,18H,7,9H2. The molecule has 0 aromatic heterocycles. The van der Waals surface area contributed by atoms with Gasteiger partial charge in [0.1, 0.15) is 11.6 Å². The lowest BCUT2D eigenvalue weighted by molar-refractivity contribution is 0.585. The van der Waals surface area contributed by atoms with E-state index in [1.165, 1.54) is 22.6 Å². The van der Waals surface area contributed by atoms with Crippen LogP contribution in [0.15, 0.2) is 47.4 Å². The molecule has 0 bridgehead atoms. The Hall–Kier alpha value is -1.55. The minimum atomic E-state index is -0.550. The molecular formula is C15H13F2NS. The van der Waals surface area contributed by atoms with Crippen LogP contribution in [0.4, 0.5) is 14.5 Å². The quantitative estimate of drug-likeness (QED) is 0.906. The van der Waals surface area contributed by atoms with Gasteiger partial charge in [-0.2, -0.15) is 0 Å². The van der Waals surface area contributed by atoms with Crippen LogP contribution in [0.1, 0.15) is 5.56 Å². The Morgan fingerprint density at radius 2 is 2.00 bits per heavy atom. The van der Waals surface area contributed by atoms with E-state index >= 15 is 0 Å². The van der Waals surface area contributed by atoms with E-state index in [9.17, 15) is 8.78 Å². The smallest absolute Gasteiger partial charge is 0.149 e. The topological polar surface area (TPSA) is 12.0 Å². The first kappa shape index (κ1) is 12.5. The zero-order chi connectivity index (χ0) is 13.2. The number of nitrogens with one attached hydrogen (secondary N) is 1. The Balaban J connectivity index is 1.63. The van der Waals surface area contributed by atoms with Gasteiger partial charge in [-0.05, 0) is 30.2 Å². The van der Waals surface area contributed by atoms with E-state index in [-0.39, 0.29) is 0 Å². The monoisotopic (exact) mass is 277 g/mol. The van der Waals surface area contributed by atoms with E-state index in [4.69, 9.17) is 0 Å². The van der Waals surface area contributed by atoms with Crippen LogP contribution >= 0.6 is 11.8 Å². The molecule has 0 spiro atoms. The largest absolute Gasteiger partial charge is 0.382 e. The van der Waals surface area contributed by atoms with Gasteiger partial charge >= 0.3 is 0 Å². The number of hydrogen-bond acceptors (Lipinski definition) is 2. The average molecular weight is 277 g/mol. The summed E-state index contributed by atoms with van der Waals surface area (Å²) in [7, 11) is 0. The summed E-state index contributed by atoms with van der Waals surface area (Å²) in [6.07, 6.45) is 0.983. The SMILES string of the molecule is Fc1ccc(NCC2Cc3ccccc3S2)c(F)c1. The maximum atomic E-state index is 13.5. The molecule has 1 N–H and O–H groups in total. The lowest BCUT2D eigenvalue weighted by Gasteiger charge is -2.12. The van der Waals surface area contributed by atoms with Gasteiger partial charge in [0.2, 0.25) is 0 Å². The number of anilines is 1. The van der Waals surface area contributed by atoms with Crippen LogP contribution in [0.5, 0.6) is 0 Å². The number of benzene rings is 2. The predicted molar refractivity (Wildman–Crippen MR) is 74.6 cm³/mol. The van der Waals surface area contributed by atoms with Crippen molar-refractivity contribution in [1.29, 1.82) is 0 Å². The van der Waals surface area contributed by atoms with Crippen molar-refractivity contribution in [3.63, 3.8) is 0 Å². The van der Waals surface area contributed by atoms with Gasteiger partial charge in [-0.15, -0.1) is 11.8 Å². The highest BCUT2D eigenvalue weighted by Gasteiger charge is 2.21. The number of halogens is 2. The molecule has 1 heterocycles. The van der Waals surface area contributed by atoms with Crippen molar-refractivity contribution in [3.8, 4) is 0 Å². The third-order valence-corrected chi connectivity index (χ3v) is 4.48. The molecule has 0 aliphatic carbocycles. The first-order chi connectivity index (χ1) is 9.22. The molecule has 1 aliphatic rings. The maximum Gasteiger partial charge on any atom is 0.149 e. The number of hydrogen-bond donors (Lipinski definition) is 1. The van der Waals surface area contributed by atoms with Gasteiger partial charge in [0.15, 0.2) is 0 Å². The van der Waals surface area contributed by atoms with Gasteiger partial charge in [-0.3, -0.25) is 0 Å². The summed E-state index contributed by atoms with van der Waals surface area (Å²) < 4.78 is 26.3. The minimum Gasteiger partial charge on any atom is -0.382 e. The summed E-state index contributed by atoms with van der Waals surface area (Å²) in [4.78, 5) is 1.30. The summed E-state index contributed by atoms with van der Waals surface area (Å²) in [6, 6.07) is 11.9. The summed E-state index contributed by atoms with van der Waals surface area (Å²) in [6.45, 7) is 0.669. The average Bonchev–Trinajstić information content (AvgIpc) is 2.80. The van der Waals surface area contributed by atoms with Crippen LogP contribution in [-0.4, -0.2) is 11.8 Å². The zero-order valence-corrected chi connectivity index (χ0v) is 11.0. The van der Waals surface area contributed by atoms with Crippen LogP contribution in [0, 0.1) is 11.6 Å². The highest BCUT2D eigenvalue weighted by Crippen LogP contribution is 2.36. The van der Waals surface area contributed by atoms with E-state index in [1.807, 2.05) is 12.1 Å². The number of fused-ring (bicyclic) bond motifs is 1. The fourth-order valence-electron chi connectivity index (χ4n) is 2.22. The molecule has 19 heavy (non-hydrogen) atoms. The summed E-state index contributed by atoms with van der Waals surface area (Å²) in [5.41, 5.74) is 1.71. The van der Waals surface area contributed by atoms with Gasteiger partial charge in [0.05, 0.1) is 5.69 Å². The molecule has 98 valence electrons. The third-order valence-electron chi connectivity index (χ3n) is 3.17. The Kier molecular flexibility index (Phi) is 3.42. The molecule has 3 rings (SSSR count). The molecule has 0 fully saturated rings. The molecule has 0 amide bonds. The Labute approximate surface area is 115 Å². The van der Waals surface area contributed by atoms with Gasteiger partial charge in [-0.25, -0.2) is 8.78 Å². The van der Waals surface area contributed by atoms with Crippen molar-refractivity contribution in [3.05, 3.63) is 59.7 Å². The van der Waals surface area contributed by atoms with Gasteiger partial charge in [0.25, 0.3) is 0 Å². The van der Waals surface area contributed by atoms with Crippen molar-refractivity contribution < 1.29 is 8.78 Å². The Morgan fingerprint density at radius 3 is 2.79 bits per heavy atom. The highest BCUT2D eigenvalue weighted by molar-refractivity contribution is 8.00. The van der Waals surface area contributed by atoms with E-state index in [0.717, 1.165) is 12.5 Å². The second kappa shape index (κ2) is 5.21. The summed E-state index contributed by atoms with van der Waals surface area (Å²) >= 11 is 1.81. The van der Waals surface area contributed by atoms with Crippen LogP contribution in [0.2, 0.25) is 0 Å². The first-order valence-corrected chi connectivity index (χ1v) is 7.04. The molecule has 4 heteroatoms. The number of rotatable bonds is 3. The lowest BCUT2D eigenvalue weighted by Crippen LogP contribution is -2.16. The van der Waals surface area contributed by atoms with E-state index < -0.39 is 11.6 Å². The van der Waals surface area contributed by atoms with Crippen molar-refractivity contribution >= 4 is 17.4 Å². The van der Waals surface area contributed by atoms with Crippen LogP contribution < -0.4 is 5.32 Å². The summed E-state index contributed by atoms with van der Waals surface area (Å²) in [5.74, 6) is -1.09. The van der Waals surface area contributed by atoms with Gasteiger partial charge < -0.3 is 5.32 Å². The van der Waals surface area contributed by atoms with Crippen molar-refractivity contribution in [2.45, 2.75) is 16.6 Å². The molecule has 2 aromatic carbocycles. The van der Waals surface area contributed by atoms with Crippen molar-refractivity contribution in [2.75, 3.05) is 11.9 Å². The highest BCUT2D eigenvalue weighted by atomic mass is 32.2. The second-order valence-electron chi connectivity index (χ2n) is 4.56. The molecule has 1 aliphatic heterocycles. The van der Waals surface area contributed by atoms with Crippen molar-refractivity contribution in [1.82, 2.24) is 0 Å². The third kappa shape index (κ3) is 2.73. The molecule has 0 saturated heterocycles. The maximum absolute atomic E-state index is 13.5. The Bertz CT molecular complexity index is 575. The van der Waals surface area contributed by atoms with E-state index in [1.54, 1.807) is 11.8 Å². The molecular weight excluding hydrogens is 264 g/mol. The molecule has 1 atom stereocenters. The van der Waals surface area contributed by atoms with E-state index in [2.05, 4.69) is 17.4 Å². The molecule has 1 nitrogen and oxygen atoms in total. The first-order valence-electron chi connectivity index (χ1n) is 6.16. The Morgan fingerprint density at radius 1 is 1.16 bits per heavy atom. The number of thioether (sulfide) groups is 1. The second-order valence-corrected chi connectivity index (χ2v) is 5.90. The lowest BCUT2D eigenvalue weighted by atomic mass is 10.1. The molecule has 0 radical (unpaired) electrons. The van der Waals surface area contributed by atoms with Gasteiger partial charge in [-0.1, -0.05) is 18.2 Å². The fourth-order valence-corrected chi connectivity index (χ4v) is 3.47. The molecule has 2 aromatic rings. The van der Waals surface area contributed by atoms with E-state index in [0.29, 0.717) is 17.5 Å². The minimum absolute atomic E-state index is 0.359. The van der Waals surface area contributed by atoms with Crippen LogP contribution in [0.3, 0.4) is 0 Å². The van der Waals surface area contributed by atoms with Crippen LogP contribution in [-0.2, 0) is 6.42 Å². The normalized spacial score (nSPS) is 17.3. The predicted octanol–water partition coefficient (Wildman–Crippen LogP) is 4.09. The van der Waals surface area contributed by atoms with Crippen molar-refractivity contribution in [2.24, 2.45) is 0 Å². The molecule has 1 unspecified atom stereocenters. The fraction of sp³-hybridized carbons (Fsp3) is 0.200. The summed E-state index contributed by atoms with van der Waals surface area (Å²) in [5, 5.41) is 3.45. The zero-order valence-electron chi connectivity index (χ0n) is 10.2. The molecule has 0 saturated carbocycles. The van der Waals surface area contributed by atoms with Gasteiger partial charge in [0, 0.05) is 22.8 Å². The van der Waals surface area contributed by atoms with Crippen LogP contribution in [0.25, 0.3) is 0 Å².